The fourth-order valence-electron chi connectivity index (χ4n) is 3.23. The van der Waals surface area contributed by atoms with Gasteiger partial charge in [-0.15, -0.1) is 0 Å². The first-order chi connectivity index (χ1) is 14.4. The second-order valence-corrected chi connectivity index (χ2v) is 7.80. The standard InChI is InChI=1S/C23H22BrN3O3/c1-15-14-20(16(2)27(15)19-6-4-3-5-7-19)23(30)26-25-22(29)13-12-21(28)17-8-10-18(24)11-9-17/h3-11,14H,12-13H2,1-2H3,(H,25,29)(H,26,30). The number of carbonyl (C=O) groups is 3. The maximum atomic E-state index is 12.5. The number of Topliss-reactive ketones (excluding diaryl/α,β-unsaturated/α-hetero) is 1. The molecule has 3 rings (SSSR count). The smallest absolute Gasteiger partial charge is 0.271 e. The lowest BCUT2D eigenvalue weighted by Gasteiger charge is -2.10. The van der Waals surface area contributed by atoms with Crippen LogP contribution in [0, 0.1) is 13.8 Å². The van der Waals surface area contributed by atoms with Crippen molar-refractivity contribution in [2.45, 2.75) is 26.7 Å². The van der Waals surface area contributed by atoms with Crippen molar-refractivity contribution < 1.29 is 14.4 Å². The molecule has 1 heterocycles. The monoisotopic (exact) mass is 467 g/mol. The normalized spacial score (nSPS) is 10.5. The van der Waals surface area contributed by atoms with Gasteiger partial charge in [0.25, 0.3) is 5.91 Å². The van der Waals surface area contributed by atoms with Gasteiger partial charge in [0, 0.05) is 40.0 Å². The molecule has 0 aliphatic rings. The zero-order chi connectivity index (χ0) is 21.7. The topological polar surface area (TPSA) is 80.2 Å². The molecule has 6 nitrogen and oxygen atoms in total. The minimum absolute atomic E-state index is 0.0157. The molecule has 0 radical (unpaired) electrons. The highest BCUT2D eigenvalue weighted by atomic mass is 79.9. The molecule has 30 heavy (non-hydrogen) atoms. The number of halogens is 1. The lowest BCUT2D eigenvalue weighted by molar-refractivity contribution is -0.121. The Bertz CT molecular complexity index is 1070. The third-order valence-electron chi connectivity index (χ3n) is 4.75. The van der Waals surface area contributed by atoms with Gasteiger partial charge in [-0.1, -0.05) is 46.3 Å². The maximum absolute atomic E-state index is 12.5. The SMILES string of the molecule is Cc1cc(C(=O)NNC(=O)CCC(=O)c2ccc(Br)cc2)c(C)n1-c1ccccc1. The summed E-state index contributed by atoms with van der Waals surface area (Å²) in [6, 6.07) is 18.5. The molecule has 0 saturated carbocycles. The Kier molecular flexibility index (Phi) is 6.84. The first-order valence-electron chi connectivity index (χ1n) is 9.49. The van der Waals surface area contributed by atoms with Crippen molar-refractivity contribution in [3.8, 4) is 5.69 Å². The van der Waals surface area contributed by atoms with Crippen molar-refractivity contribution in [3.63, 3.8) is 0 Å². The largest absolute Gasteiger partial charge is 0.318 e. The van der Waals surface area contributed by atoms with Gasteiger partial charge >= 0.3 is 0 Å². The van der Waals surface area contributed by atoms with E-state index in [4.69, 9.17) is 0 Å². The van der Waals surface area contributed by atoms with Crippen LogP contribution in [-0.2, 0) is 4.79 Å². The van der Waals surface area contributed by atoms with Crippen LogP contribution in [0.25, 0.3) is 5.69 Å². The number of aromatic nitrogens is 1. The predicted octanol–water partition coefficient (Wildman–Crippen LogP) is 4.28. The average molecular weight is 468 g/mol. The maximum Gasteiger partial charge on any atom is 0.271 e. The van der Waals surface area contributed by atoms with E-state index in [9.17, 15) is 14.4 Å². The number of hydrogen-bond acceptors (Lipinski definition) is 3. The molecule has 0 aliphatic heterocycles. The zero-order valence-electron chi connectivity index (χ0n) is 16.7. The second-order valence-electron chi connectivity index (χ2n) is 6.89. The molecule has 0 aliphatic carbocycles. The Balaban J connectivity index is 1.56. The molecule has 0 spiro atoms. The first kappa shape index (κ1) is 21.5. The molecule has 2 amide bonds. The van der Waals surface area contributed by atoms with Gasteiger partial charge in [-0.25, -0.2) is 0 Å². The Hall–Kier alpha value is -3.19. The Morgan fingerprint density at radius 1 is 0.900 bits per heavy atom. The summed E-state index contributed by atoms with van der Waals surface area (Å²) in [4.78, 5) is 36.8. The third-order valence-corrected chi connectivity index (χ3v) is 5.28. The van der Waals surface area contributed by atoms with Crippen LogP contribution >= 0.6 is 15.9 Å². The molecule has 0 atom stereocenters. The fourth-order valence-corrected chi connectivity index (χ4v) is 3.49. The van der Waals surface area contributed by atoms with Gasteiger partial charge in [-0.2, -0.15) is 0 Å². The van der Waals surface area contributed by atoms with Gasteiger partial charge in [0.1, 0.15) is 0 Å². The third kappa shape index (κ3) is 5.04. The average Bonchev–Trinajstić information content (AvgIpc) is 3.05. The minimum atomic E-state index is -0.425. The highest BCUT2D eigenvalue weighted by Gasteiger charge is 2.17. The molecule has 0 unspecified atom stereocenters. The van der Waals surface area contributed by atoms with Crippen molar-refractivity contribution >= 4 is 33.5 Å². The second kappa shape index (κ2) is 9.54. The summed E-state index contributed by atoms with van der Waals surface area (Å²) < 4.78 is 2.86. The van der Waals surface area contributed by atoms with E-state index >= 15 is 0 Å². The number of para-hydroxylation sites is 1. The highest BCUT2D eigenvalue weighted by Crippen LogP contribution is 2.20. The van der Waals surface area contributed by atoms with Crippen LogP contribution in [0.15, 0.2) is 65.1 Å². The van der Waals surface area contributed by atoms with Crippen molar-refractivity contribution in [2.24, 2.45) is 0 Å². The predicted molar refractivity (Wildman–Crippen MR) is 119 cm³/mol. The van der Waals surface area contributed by atoms with Crippen LogP contribution in [0.1, 0.15) is 44.9 Å². The number of amides is 2. The van der Waals surface area contributed by atoms with Gasteiger partial charge in [0.05, 0.1) is 5.56 Å². The molecule has 2 aromatic carbocycles. The lowest BCUT2D eigenvalue weighted by Crippen LogP contribution is -2.41. The van der Waals surface area contributed by atoms with Gasteiger partial charge in [-0.05, 0) is 44.2 Å². The van der Waals surface area contributed by atoms with E-state index in [2.05, 4.69) is 26.8 Å². The number of nitrogens with zero attached hydrogens (tertiary/aromatic N) is 1. The molecule has 0 fully saturated rings. The fraction of sp³-hybridized carbons (Fsp3) is 0.174. The van der Waals surface area contributed by atoms with E-state index in [-0.39, 0.29) is 18.6 Å². The first-order valence-corrected chi connectivity index (χ1v) is 10.3. The number of ketones is 1. The lowest BCUT2D eigenvalue weighted by atomic mass is 10.1. The Morgan fingerprint density at radius 3 is 2.23 bits per heavy atom. The number of aryl methyl sites for hydroxylation is 1. The number of hydrazine groups is 1. The van der Waals surface area contributed by atoms with Gasteiger partial charge < -0.3 is 4.57 Å². The summed E-state index contributed by atoms with van der Waals surface area (Å²) in [6.07, 6.45) is 0.0457. The Labute approximate surface area is 183 Å². The molecule has 1 aromatic heterocycles. The highest BCUT2D eigenvalue weighted by molar-refractivity contribution is 9.10. The van der Waals surface area contributed by atoms with Crippen LogP contribution < -0.4 is 10.9 Å². The molecule has 3 aromatic rings. The summed E-state index contributed by atoms with van der Waals surface area (Å²) in [5, 5.41) is 0. The van der Waals surface area contributed by atoms with Gasteiger partial charge in [0.15, 0.2) is 5.78 Å². The van der Waals surface area contributed by atoms with E-state index < -0.39 is 11.8 Å². The number of carbonyl (C=O) groups excluding carboxylic acids is 3. The van der Waals surface area contributed by atoms with Gasteiger partial charge in [0.2, 0.25) is 5.91 Å². The van der Waals surface area contributed by atoms with E-state index in [1.807, 2.05) is 48.7 Å². The molecule has 7 heteroatoms. The molecule has 0 bridgehead atoms. The van der Waals surface area contributed by atoms with Crippen LogP contribution in [0.3, 0.4) is 0 Å². The number of nitrogens with one attached hydrogen (secondary N) is 2. The van der Waals surface area contributed by atoms with Crippen LogP contribution in [0.5, 0.6) is 0 Å². The summed E-state index contributed by atoms with van der Waals surface area (Å²) in [5.41, 5.74) is 8.48. The number of benzene rings is 2. The van der Waals surface area contributed by atoms with Crippen molar-refractivity contribution in [2.75, 3.05) is 0 Å². The van der Waals surface area contributed by atoms with Gasteiger partial charge in [-0.3, -0.25) is 25.2 Å². The number of hydrogen-bond donors (Lipinski definition) is 2. The van der Waals surface area contributed by atoms with Crippen LogP contribution in [0.2, 0.25) is 0 Å². The molecule has 0 saturated heterocycles. The van der Waals surface area contributed by atoms with Crippen molar-refractivity contribution in [3.05, 3.63) is 87.7 Å². The quantitative estimate of drug-likeness (QED) is 0.419. The Morgan fingerprint density at radius 2 is 1.57 bits per heavy atom. The van der Waals surface area contributed by atoms with E-state index in [1.54, 1.807) is 30.3 Å². The van der Waals surface area contributed by atoms with E-state index in [0.29, 0.717) is 11.1 Å². The molecular formula is C23H22BrN3O3. The van der Waals surface area contributed by atoms with E-state index in [1.165, 1.54) is 0 Å². The summed E-state index contributed by atoms with van der Waals surface area (Å²) >= 11 is 3.32. The van der Waals surface area contributed by atoms with E-state index in [0.717, 1.165) is 21.5 Å². The molecule has 154 valence electrons. The zero-order valence-corrected chi connectivity index (χ0v) is 18.3. The number of rotatable bonds is 6. The summed E-state index contributed by atoms with van der Waals surface area (Å²) in [6.45, 7) is 3.77. The summed E-state index contributed by atoms with van der Waals surface area (Å²) in [7, 11) is 0. The van der Waals surface area contributed by atoms with Crippen molar-refractivity contribution in [1.82, 2.24) is 15.4 Å². The summed E-state index contributed by atoms with van der Waals surface area (Å²) in [5.74, 6) is -0.959. The molecular weight excluding hydrogens is 446 g/mol. The minimum Gasteiger partial charge on any atom is -0.318 e. The molecule has 2 N–H and O–H groups in total. The van der Waals surface area contributed by atoms with Crippen LogP contribution in [-0.4, -0.2) is 22.2 Å². The van der Waals surface area contributed by atoms with Crippen LogP contribution in [0.4, 0.5) is 0 Å². The van der Waals surface area contributed by atoms with Crippen molar-refractivity contribution in [1.29, 1.82) is 0 Å².